The number of hydrogen-bond acceptors (Lipinski definition) is 5. The lowest BCUT2D eigenvalue weighted by atomic mass is 10.0. The molecule has 0 unspecified atom stereocenters. The molecular formula is C25H29F3N2O5. The zero-order valence-electron chi connectivity index (χ0n) is 20.1. The summed E-state index contributed by atoms with van der Waals surface area (Å²) in [6.45, 7) is 6.06. The minimum absolute atomic E-state index is 0.0226. The van der Waals surface area contributed by atoms with Crippen molar-refractivity contribution in [2.45, 2.75) is 52.3 Å². The molecule has 0 bridgehead atoms. The summed E-state index contributed by atoms with van der Waals surface area (Å²) in [5.74, 6) is -5.24. The van der Waals surface area contributed by atoms with Crippen LogP contribution in [0, 0.1) is 17.5 Å². The van der Waals surface area contributed by atoms with E-state index in [0.29, 0.717) is 17.7 Å². The maximum Gasteiger partial charge on any atom is 0.408 e. The standard InChI is InChI=1S/C25H29F3N2O5/c1-5-34-22(31)15-30(14-16-9-7-6-8-10-16)23(32)21(29-24(33)35-25(2,3)4)12-17-11-19(27)20(28)13-18(17)26/h6-11,13,21H,5,12,14-15H2,1-4H3,(H,29,33)/t21-/m1/s1. The molecule has 2 rings (SSSR count). The van der Waals surface area contributed by atoms with E-state index in [1.807, 2.05) is 0 Å². The highest BCUT2D eigenvalue weighted by atomic mass is 19.2. The number of carbonyl (C=O) groups excluding carboxylic acids is 3. The smallest absolute Gasteiger partial charge is 0.408 e. The van der Waals surface area contributed by atoms with Crippen LogP contribution in [0.15, 0.2) is 42.5 Å². The number of carbonyl (C=O) groups is 3. The molecule has 0 spiro atoms. The van der Waals surface area contributed by atoms with Gasteiger partial charge in [-0.1, -0.05) is 30.3 Å². The summed E-state index contributed by atoms with van der Waals surface area (Å²) in [7, 11) is 0. The normalized spacial score (nSPS) is 12.0. The highest BCUT2D eigenvalue weighted by Gasteiger charge is 2.31. The van der Waals surface area contributed by atoms with Gasteiger partial charge in [-0.05, 0) is 44.9 Å². The zero-order chi connectivity index (χ0) is 26.2. The number of ether oxygens (including phenoxy) is 2. The van der Waals surface area contributed by atoms with Crippen molar-refractivity contribution in [3.8, 4) is 0 Å². The molecule has 1 N–H and O–H groups in total. The highest BCUT2D eigenvalue weighted by molar-refractivity contribution is 5.88. The van der Waals surface area contributed by atoms with Gasteiger partial charge in [-0.3, -0.25) is 9.59 Å². The average molecular weight is 495 g/mol. The number of halogens is 3. The van der Waals surface area contributed by atoms with Gasteiger partial charge in [-0.15, -0.1) is 0 Å². The van der Waals surface area contributed by atoms with Crippen molar-refractivity contribution < 1.29 is 37.0 Å². The second kappa shape index (κ2) is 12.2. The summed E-state index contributed by atoms with van der Waals surface area (Å²) in [6, 6.07) is 8.26. The predicted molar refractivity (Wildman–Crippen MR) is 122 cm³/mol. The van der Waals surface area contributed by atoms with Crippen molar-refractivity contribution in [2.24, 2.45) is 0 Å². The fourth-order valence-electron chi connectivity index (χ4n) is 3.19. The van der Waals surface area contributed by atoms with E-state index in [9.17, 15) is 27.6 Å². The first-order chi connectivity index (χ1) is 16.4. The minimum atomic E-state index is -1.46. The number of hydrogen-bond donors (Lipinski definition) is 1. The molecule has 0 aliphatic heterocycles. The lowest BCUT2D eigenvalue weighted by Gasteiger charge is -2.28. The molecule has 1 atom stereocenters. The molecule has 190 valence electrons. The van der Waals surface area contributed by atoms with Crippen LogP contribution in [-0.4, -0.2) is 47.7 Å². The van der Waals surface area contributed by atoms with Gasteiger partial charge in [-0.25, -0.2) is 18.0 Å². The zero-order valence-corrected chi connectivity index (χ0v) is 20.1. The molecule has 35 heavy (non-hydrogen) atoms. The van der Waals surface area contributed by atoms with Gasteiger partial charge in [0.15, 0.2) is 11.6 Å². The summed E-state index contributed by atoms with van der Waals surface area (Å²) in [5.41, 5.74) is -0.561. The van der Waals surface area contributed by atoms with Crippen LogP contribution in [0.4, 0.5) is 18.0 Å². The van der Waals surface area contributed by atoms with Crippen LogP contribution in [0.2, 0.25) is 0 Å². The Labute approximate surface area is 202 Å². The molecule has 2 aromatic rings. The molecule has 10 heteroatoms. The van der Waals surface area contributed by atoms with Crippen LogP contribution in [0.25, 0.3) is 0 Å². The number of esters is 1. The van der Waals surface area contributed by atoms with E-state index >= 15 is 0 Å². The Bertz CT molecular complexity index is 1040. The van der Waals surface area contributed by atoms with E-state index in [1.54, 1.807) is 58.0 Å². The van der Waals surface area contributed by atoms with Crippen LogP contribution >= 0.6 is 0 Å². The van der Waals surface area contributed by atoms with Gasteiger partial charge < -0.3 is 19.7 Å². The van der Waals surface area contributed by atoms with Gasteiger partial charge in [0, 0.05) is 19.0 Å². The Morgan fingerprint density at radius 3 is 2.23 bits per heavy atom. The Morgan fingerprint density at radius 1 is 1.00 bits per heavy atom. The number of benzene rings is 2. The first-order valence-corrected chi connectivity index (χ1v) is 11.0. The molecule has 2 aromatic carbocycles. The third-order valence-corrected chi connectivity index (χ3v) is 4.66. The number of rotatable bonds is 9. The van der Waals surface area contributed by atoms with Crippen molar-refractivity contribution in [3.63, 3.8) is 0 Å². The van der Waals surface area contributed by atoms with Crippen LogP contribution in [0.1, 0.15) is 38.8 Å². The number of nitrogens with one attached hydrogen (secondary N) is 1. The Morgan fingerprint density at radius 2 is 1.63 bits per heavy atom. The molecule has 0 radical (unpaired) electrons. The molecule has 0 aliphatic rings. The van der Waals surface area contributed by atoms with Gasteiger partial charge in [-0.2, -0.15) is 0 Å². The van der Waals surface area contributed by atoms with Gasteiger partial charge >= 0.3 is 12.1 Å². The summed E-state index contributed by atoms with van der Waals surface area (Å²) in [6.07, 6.45) is -1.50. The van der Waals surface area contributed by atoms with Gasteiger partial charge in [0.05, 0.1) is 6.61 Å². The largest absolute Gasteiger partial charge is 0.465 e. The van der Waals surface area contributed by atoms with E-state index in [-0.39, 0.29) is 18.7 Å². The minimum Gasteiger partial charge on any atom is -0.465 e. The summed E-state index contributed by atoms with van der Waals surface area (Å²) >= 11 is 0. The monoisotopic (exact) mass is 494 g/mol. The maximum absolute atomic E-state index is 14.4. The molecule has 0 fully saturated rings. The molecule has 0 saturated carbocycles. The van der Waals surface area contributed by atoms with Crippen molar-refractivity contribution in [2.75, 3.05) is 13.2 Å². The summed E-state index contributed by atoms with van der Waals surface area (Å²) in [5, 5.41) is 2.37. The van der Waals surface area contributed by atoms with E-state index in [2.05, 4.69) is 5.32 Å². The lowest BCUT2D eigenvalue weighted by Crippen LogP contribution is -2.51. The van der Waals surface area contributed by atoms with Crippen molar-refractivity contribution in [1.29, 1.82) is 0 Å². The second-order valence-corrected chi connectivity index (χ2v) is 8.75. The summed E-state index contributed by atoms with van der Waals surface area (Å²) in [4.78, 5) is 39.3. The van der Waals surface area contributed by atoms with Crippen LogP contribution in [0.5, 0.6) is 0 Å². The van der Waals surface area contributed by atoms with Gasteiger partial charge in [0.1, 0.15) is 24.0 Å². The molecule has 0 heterocycles. The van der Waals surface area contributed by atoms with Gasteiger partial charge in [0.25, 0.3) is 0 Å². The van der Waals surface area contributed by atoms with Crippen LogP contribution in [0.3, 0.4) is 0 Å². The second-order valence-electron chi connectivity index (χ2n) is 8.75. The first-order valence-electron chi connectivity index (χ1n) is 11.0. The molecule has 0 aromatic heterocycles. The average Bonchev–Trinajstić information content (AvgIpc) is 2.75. The van der Waals surface area contributed by atoms with E-state index in [1.165, 1.54) is 0 Å². The lowest BCUT2D eigenvalue weighted by molar-refractivity contribution is -0.150. The molecule has 2 amide bonds. The van der Waals surface area contributed by atoms with E-state index < -0.39 is 60.0 Å². The van der Waals surface area contributed by atoms with Crippen LogP contribution in [-0.2, 0) is 32.0 Å². The number of alkyl carbamates (subject to hydrolysis) is 1. The SMILES string of the molecule is CCOC(=O)CN(Cc1ccccc1)C(=O)[C@@H](Cc1cc(F)c(F)cc1F)NC(=O)OC(C)(C)C. The summed E-state index contributed by atoms with van der Waals surface area (Å²) < 4.78 is 51.7. The number of amides is 2. The van der Waals surface area contributed by atoms with E-state index in [4.69, 9.17) is 9.47 Å². The Balaban J connectivity index is 2.40. The van der Waals surface area contributed by atoms with Gasteiger partial charge in [0.2, 0.25) is 5.91 Å². The first kappa shape index (κ1) is 27.7. The fraction of sp³-hybridized carbons (Fsp3) is 0.400. The van der Waals surface area contributed by atoms with Crippen molar-refractivity contribution >= 4 is 18.0 Å². The molecule has 7 nitrogen and oxygen atoms in total. The maximum atomic E-state index is 14.4. The predicted octanol–water partition coefficient (Wildman–Crippen LogP) is 4.13. The van der Waals surface area contributed by atoms with E-state index in [0.717, 1.165) is 4.90 Å². The third kappa shape index (κ3) is 8.95. The topological polar surface area (TPSA) is 84.9 Å². The van der Waals surface area contributed by atoms with Crippen molar-refractivity contribution in [3.05, 3.63) is 71.0 Å². The molecule has 0 saturated heterocycles. The van der Waals surface area contributed by atoms with Crippen LogP contribution < -0.4 is 5.32 Å². The quantitative estimate of drug-likeness (QED) is 0.419. The molecule has 0 aliphatic carbocycles. The Hall–Kier alpha value is -3.56. The highest BCUT2D eigenvalue weighted by Crippen LogP contribution is 2.18. The Kier molecular flexibility index (Phi) is 9.68. The molecular weight excluding hydrogens is 465 g/mol. The number of nitrogens with zero attached hydrogens (tertiary/aromatic N) is 1. The fourth-order valence-corrected chi connectivity index (χ4v) is 3.19. The van der Waals surface area contributed by atoms with Crippen molar-refractivity contribution in [1.82, 2.24) is 10.2 Å². The third-order valence-electron chi connectivity index (χ3n) is 4.66.